The van der Waals surface area contributed by atoms with Crippen molar-refractivity contribution in [1.29, 1.82) is 0 Å². The highest BCUT2D eigenvalue weighted by Gasteiger charge is 2.29. The van der Waals surface area contributed by atoms with Crippen molar-refractivity contribution in [2.75, 3.05) is 19.7 Å². The Balaban J connectivity index is 1.26. The van der Waals surface area contributed by atoms with E-state index < -0.39 is 5.97 Å². The molecule has 1 saturated heterocycles. The summed E-state index contributed by atoms with van der Waals surface area (Å²) < 4.78 is 9.42. The molecular weight excluding hydrogens is 542 g/mol. The number of aryl methyl sites for hydroxylation is 3. The lowest BCUT2D eigenvalue weighted by molar-refractivity contribution is 0.0688. The van der Waals surface area contributed by atoms with Gasteiger partial charge in [0, 0.05) is 27.8 Å². The van der Waals surface area contributed by atoms with E-state index in [0.29, 0.717) is 40.4 Å². The van der Waals surface area contributed by atoms with Gasteiger partial charge in [-0.15, -0.1) is 0 Å². The molecule has 4 heterocycles. The predicted octanol–water partition coefficient (Wildman–Crippen LogP) is 4.95. The van der Waals surface area contributed by atoms with Gasteiger partial charge >= 0.3 is 5.97 Å². The number of hydrogen-bond acceptors (Lipinski definition) is 6. The normalized spacial score (nSPS) is 17.5. The van der Waals surface area contributed by atoms with E-state index in [4.69, 9.17) is 21.3 Å². The number of carbonyl (C=O) groups is 1. The summed E-state index contributed by atoms with van der Waals surface area (Å²) in [5, 5.41) is 14.5. The highest BCUT2D eigenvalue weighted by Crippen LogP contribution is 2.36. The van der Waals surface area contributed by atoms with Crippen LogP contribution in [0.15, 0.2) is 41.2 Å². The topological polar surface area (TPSA) is 102 Å². The predicted molar refractivity (Wildman–Crippen MR) is 157 cm³/mol. The number of aromatic nitrogens is 4. The zero-order valence-corrected chi connectivity index (χ0v) is 24.2. The molecule has 0 amide bonds. The molecule has 10 heteroatoms. The summed E-state index contributed by atoms with van der Waals surface area (Å²) in [6.07, 6.45) is 6.43. The third-order valence-electron chi connectivity index (χ3n) is 8.37. The molecule has 0 spiro atoms. The van der Waals surface area contributed by atoms with E-state index in [1.54, 1.807) is 28.8 Å². The molecule has 2 aliphatic rings. The van der Waals surface area contributed by atoms with Gasteiger partial charge < -0.3 is 14.7 Å². The van der Waals surface area contributed by atoms with Gasteiger partial charge in [0.25, 0.3) is 5.56 Å². The van der Waals surface area contributed by atoms with Crippen LogP contribution in [-0.2, 0) is 19.4 Å². The van der Waals surface area contributed by atoms with Gasteiger partial charge in [0.15, 0.2) is 5.69 Å². The van der Waals surface area contributed by atoms with Crippen molar-refractivity contribution in [3.05, 3.63) is 80.2 Å². The van der Waals surface area contributed by atoms with Crippen LogP contribution in [0.3, 0.4) is 0 Å². The molecule has 9 nitrogen and oxygen atoms in total. The van der Waals surface area contributed by atoms with Crippen LogP contribution in [-0.4, -0.2) is 60.9 Å². The van der Waals surface area contributed by atoms with Crippen LogP contribution in [0.2, 0.25) is 5.02 Å². The second-order valence-corrected chi connectivity index (χ2v) is 11.5. The molecule has 0 bridgehead atoms. The maximum absolute atomic E-state index is 13.7. The SMILES string of the molecule is Cc1cc(-c2cc(Cl)ccc2OCCn2c(C)nc3c(c2=O)CC(N2CCCCC2)CC3)c2ccc(C(=O)O)n2n1. The number of ether oxygens (including phenoxy) is 1. The van der Waals surface area contributed by atoms with Gasteiger partial charge in [0.1, 0.15) is 18.2 Å². The number of piperidine rings is 1. The summed E-state index contributed by atoms with van der Waals surface area (Å²) >= 11 is 6.39. The zero-order valence-electron chi connectivity index (χ0n) is 23.4. The molecule has 4 aromatic rings. The fourth-order valence-electron chi connectivity index (χ4n) is 6.34. The van der Waals surface area contributed by atoms with Gasteiger partial charge in [-0.05, 0) is 95.4 Å². The smallest absolute Gasteiger partial charge is 0.354 e. The van der Waals surface area contributed by atoms with Crippen LogP contribution in [0.25, 0.3) is 16.6 Å². The highest BCUT2D eigenvalue weighted by atomic mass is 35.5. The van der Waals surface area contributed by atoms with E-state index >= 15 is 0 Å². The average molecular weight is 576 g/mol. The number of carboxylic acids is 1. The van der Waals surface area contributed by atoms with Crippen LogP contribution in [0.5, 0.6) is 5.75 Å². The summed E-state index contributed by atoms with van der Waals surface area (Å²) in [5.74, 6) is 0.228. The average Bonchev–Trinajstić information content (AvgIpc) is 3.39. The molecule has 1 N–H and O–H groups in total. The fraction of sp³-hybridized carbons (Fsp3) is 0.419. The lowest BCUT2D eigenvalue weighted by atomic mass is 9.90. The van der Waals surface area contributed by atoms with E-state index in [1.807, 2.05) is 19.9 Å². The Kier molecular flexibility index (Phi) is 7.57. The molecule has 0 saturated carbocycles. The van der Waals surface area contributed by atoms with Crippen molar-refractivity contribution in [2.24, 2.45) is 0 Å². The first-order valence-corrected chi connectivity index (χ1v) is 14.7. The largest absolute Gasteiger partial charge is 0.491 e. The summed E-state index contributed by atoms with van der Waals surface area (Å²) in [7, 11) is 0. The number of nitrogens with zero attached hydrogens (tertiary/aromatic N) is 5. The Bertz CT molecular complexity index is 1690. The van der Waals surface area contributed by atoms with E-state index in [2.05, 4.69) is 10.00 Å². The minimum atomic E-state index is -1.06. The maximum atomic E-state index is 13.7. The van der Waals surface area contributed by atoms with Gasteiger partial charge in [-0.2, -0.15) is 5.10 Å². The molecular formula is C31H34ClN5O4. The Morgan fingerprint density at radius 2 is 1.90 bits per heavy atom. The van der Waals surface area contributed by atoms with Crippen LogP contribution < -0.4 is 10.3 Å². The molecule has 214 valence electrons. The van der Waals surface area contributed by atoms with Gasteiger partial charge in [-0.25, -0.2) is 14.3 Å². The van der Waals surface area contributed by atoms with E-state index in [0.717, 1.165) is 54.7 Å². The molecule has 1 unspecified atom stereocenters. The summed E-state index contributed by atoms with van der Waals surface area (Å²) in [6.45, 7) is 6.56. The quantitative estimate of drug-likeness (QED) is 0.333. The Morgan fingerprint density at radius 1 is 1.10 bits per heavy atom. The minimum absolute atomic E-state index is 0.0370. The molecule has 1 aliphatic carbocycles. The number of likely N-dealkylation sites (tertiary alicyclic amines) is 1. The molecule has 0 radical (unpaired) electrons. The maximum Gasteiger partial charge on any atom is 0.354 e. The van der Waals surface area contributed by atoms with Gasteiger partial charge in [-0.1, -0.05) is 18.0 Å². The van der Waals surface area contributed by atoms with Crippen molar-refractivity contribution in [1.82, 2.24) is 24.1 Å². The highest BCUT2D eigenvalue weighted by molar-refractivity contribution is 6.31. The summed E-state index contributed by atoms with van der Waals surface area (Å²) in [6, 6.07) is 10.9. The molecule has 1 atom stereocenters. The van der Waals surface area contributed by atoms with E-state index in [9.17, 15) is 14.7 Å². The Labute approximate surface area is 243 Å². The van der Waals surface area contributed by atoms with Crippen molar-refractivity contribution >= 4 is 23.1 Å². The first-order valence-electron chi connectivity index (χ1n) is 14.3. The van der Waals surface area contributed by atoms with Crippen LogP contribution in [0.1, 0.15) is 58.9 Å². The Morgan fingerprint density at radius 3 is 2.68 bits per heavy atom. The second-order valence-electron chi connectivity index (χ2n) is 11.0. The fourth-order valence-corrected chi connectivity index (χ4v) is 6.51. The first-order chi connectivity index (χ1) is 19.8. The summed E-state index contributed by atoms with van der Waals surface area (Å²) in [4.78, 5) is 32.8. The number of carboxylic acid groups (broad SMARTS) is 1. The number of rotatable bonds is 7. The van der Waals surface area contributed by atoms with Gasteiger partial charge in [-0.3, -0.25) is 9.36 Å². The van der Waals surface area contributed by atoms with E-state index in [-0.39, 0.29) is 17.9 Å². The number of aromatic carboxylic acids is 1. The molecule has 1 fully saturated rings. The molecule has 1 aliphatic heterocycles. The lowest BCUT2D eigenvalue weighted by Gasteiger charge is -2.37. The van der Waals surface area contributed by atoms with Crippen molar-refractivity contribution in [3.8, 4) is 16.9 Å². The standard InChI is InChI=1S/C31H34ClN5O4/c1-19-16-23(27-9-10-28(31(39)40)37(27)34-19)24-17-21(32)6-11-29(24)41-15-14-36-20(2)33-26-8-7-22(18-25(26)30(36)38)35-12-4-3-5-13-35/h6,9-11,16-17,22H,3-5,7-8,12-15,18H2,1-2H3,(H,39,40). The lowest BCUT2D eigenvalue weighted by Crippen LogP contribution is -2.45. The van der Waals surface area contributed by atoms with Crippen LogP contribution in [0, 0.1) is 13.8 Å². The number of benzene rings is 1. The van der Waals surface area contributed by atoms with Crippen molar-refractivity contribution < 1.29 is 14.6 Å². The summed E-state index contributed by atoms with van der Waals surface area (Å²) in [5.41, 5.74) is 4.68. The van der Waals surface area contributed by atoms with E-state index in [1.165, 1.54) is 29.8 Å². The first kappa shape index (κ1) is 27.5. The third kappa shape index (κ3) is 5.36. The number of fused-ring (bicyclic) bond motifs is 2. The van der Waals surface area contributed by atoms with Crippen molar-refractivity contribution in [2.45, 2.75) is 65.0 Å². The van der Waals surface area contributed by atoms with Crippen LogP contribution in [0.4, 0.5) is 0 Å². The molecule has 3 aromatic heterocycles. The van der Waals surface area contributed by atoms with Gasteiger partial charge in [0.2, 0.25) is 0 Å². The van der Waals surface area contributed by atoms with Crippen LogP contribution >= 0.6 is 11.6 Å². The monoisotopic (exact) mass is 575 g/mol. The zero-order chi connectivity index (χ0) is 28.7. The molecule has 1 aromatic carbocycles. The molecule has 6 rings (SSSR count). The van der Waals surface area contributed by atoms with Gasteiger partial charge in [0.05, 0.1) is 23.4 Å². The Hall–Kier alpha value is -3.69. The third-order valence-corrected chi connectivity index (χ3v) is 8.60. The number of hydrogen-bond donors (Lipinski definition) is 1. The second kappa shape index (κ2) is 11.3. The minimum Gasteiger partial charge on any atom is -0.491 e. The van der Waals surface area contributed by atoms with Crippen molar-refractivity contribution in [3.63, 3.8) is 0 Å². The molecule has 41 heavy (non-hydrogen) atoms. The number of halogens is 1.